The van der Waals surface area contributed by atoms with Gasteiger partial charge >= 0.3 is 5.97 Å². The van der Waals surface area contributed by atoms with Crippen LogP contribution in [0.4, 0.5) is 5.69 Å². The van der Waals surface area contributed by atoms with E-state index in [0.29, 0.717) is 29.2 Å². The molecule has 0 aliphatic carbocycles. The first-order valence-electron chi connectivity index (χ1n) is 11.7. The smallest absolute Gasteiger partial charge is 0.331 e. The monoisotopic (exact) mass is 486 g/mol. The summed E-state index contributed by atoms with van der Waals surface area (Å²) < 4.78 is 10.7. The highest BCUT2D eigenvalue weighted by Crippen LogP contribution is 2.54. The minimum absolute atomic E-state index is 0.0698. The van der Waals surface area contributed by atoms with E-state index >= 15 is 0 Å². The molecule has 8 heteroatoms. The molecule has 2 N–H and O–H groups in total. The number of anilines is 1. The van der Waals surface area contributed by atoms with E-state index in [9.17, 15) is 19.5 Å². The van der Waals surface area contributed by atoms with Crippen LogP contribution in [0, 0.1) is 11.8 Å². The molecule has 4 atom stereocenters. The van der Waals surface area contributed by atoms with E-state index in [-0.39, 0.29) is 5.75 Å². The minimum atomic E-state index is -1.59. The van der Waals surface area contributed by atoms with Gasteiger partial charge in [0.2, 0.25) is 11.8 Å². The van der Waals surface area contributed by atoms with Gasteiger partial charge in [0.15, 0.2) is 5.54 Å². The summed E-state index contributed by atoms with van der Waals surface area (Å²) in [5, 5.41) is 13.1. The second-order valence-corrected chi connectivity index (χ2v) is 8.82. The van der Waals surface area contributed by atoms with Gasteiger partial charge in [-0.15, -0.1) is 0 Å². The predicted octanol–water partition coefficient (Wildman–Crippen LogP) is 3.31. The van der Waals surface area contributed by atoms with Crippen molar-refractivity contribution in [1.82, 2.24) is 5.32 Å². The summed E-state index contributed by atoms with van der Waals surface area (Å²) in [7, 11) is 1.27. The SMILES string of the molecule is CCOc1ccc(N2C(=O)C3C(c4ccc(O)cc4)NC(C(=O)OC)(c4ccccc4)C3C2=O)cc1. The zero-order chi connectivity index (χ0) is 25.4. The Hall–Kier alpha value is -4.17. The summed E-state index contributed by atoms with van der Waals surface area (Å²) in [6.45, 7) is 2.36. The number of methoxy groups -OCH3 is 1. The lowest BCUT2D eigenvalue weighted by Gasteiger charge is -2.33. The molecule has 2 saturated heterocycles. The van der Waals surface area contributed by atoms with Crippen LogP contribution in [-0.4, -0.2) is 36.6 Å². The number of imide groups is 1. The fraction of sp³-hybridized carbons (Fsp3) is 0.250. The fourth-order valence-corrected chi connectivity index (χ4v) is 5.42. The van der Waals surface area contributed by atoms with Crippen molar-refractivity contribution in [2.75, 3.05) is 18.6 Å². The normalized spacial score (nSPS) is 25.1. The Morgan fingerprint density at radius 1 is 0.972 bits per heavy atom. The number of ether oxygens (including phenoxy) is 2. The molecule has 184 valence electrons. The number of aromatic hydroxyl groups is 1. The van der Waals surface area contributed by atoms with Crippen LogP contribution in [0.3, 0.4) is 0 Å². The van der Waals surface area contributed by atoms with E-state index in [1.54, 1.807) is 60.7 Å². The summed E-state index contributed by atoms with van der Waals surface area (Å²) in [6, 6.07) is 21.3. The molecule has 0 bridgehead atoms. The van der Waals surface area contributed by atoms with Crippen LogP contribution < -0.4 is 15.0 Å². The van der Waals surface area contributed by atoms with E-state index < -0.39 is 41.2 Å². The Kier molecular flexibility index (Phi) is 5.97. The van der Waals surface area contributed by atoms with Gasteiger partial charge in [-0.1, -0.05) is 42.5 Å². The molecule has 5 rings (SSSR count). The molecule has 3 aromatic carbocycles. The van der Waals surface area contributed by atoms with Crippen LogP contribution in [0.5, 0.6) is 11.5 Å². The average molecular weight is 487 g/mol. The molecule has 36 heavy (non-hydrogen) atoms. The standard InChI is InChI=1S/C28H26N2O6/c1-3-36-21-15-11-19(12-16-21)30-25(32)22-23(26(30)33)28(27(34)35-2,18-7-5-4-6-8-18)29-24(22)17-9-13-20(31)14-10-17/h4-16,22-24,29,31H,3H2,1-2H3. The average Bonchev–Trinajstić information content (AvgIpc) is 3.39. The van der Waals surface area contributed by atoms with Crippen molar-refractivity contribution >= 4 is 23.5 Å². The lowest BCUT2D eigenvalue weighted by molar-refractivity contribution is -0.152. The molecule has 4 unspecified atom stereocenters. The van der Waals surface area contributed by atoms with Gasteiger partial charge in [0.25, 0.3) is 0 Å². The maximum atomic E-state index is 14.0. The maximum Gasteiger partial charge on any atom is 0.331 e. The zero-order valence-corrected chi connectivity index (χ0v) is 19.9. The van der Waals surface area contributed by atoms with Crippen LogP contribution in [-0.2, 0) is 24.7 Å². The van der Waals surface area contributed by atoms with Crippen molar-refractivity contribution in [3.63, 3.8) is 0 Å². The van der Waals surface area contributed by atoms with Crippen molar-refractivity contribution in [1.29, 1.82) is 0 Å². The molecule has 3 aromatic rings. The second kappa shape index (κ2) is 9.13. The van der Waals surface area contributed by atoms with Gasteiger partial charge in [0, 0.05) is 6.04 Å². The summed E-state index contributed by atoms with van der Waals surface area (Å²) >= 11 is 0. The molecule has 0 spiro atoms. The molecule has 0 radical (unpaired) electrons. The highest BCUT2D eigenvalue weighted by atomic mass is 16.5. The first-order chi connectivity index (χ1) is 17.4. The van der Waals surface area contributed by atoms with E-state index in [1.807, 2.05) is 13.0 Å². The number of hydrogen-bond acceptors (Lipinski definition) is 7. The lowest BCUT2D eigenvalue weighted by atomic mass is 9.75. The highest BCUT2D eigenvalue weighted by Gasteiger charge is 2.69. The van der Waals surface area contributed by atoms with Crippen molar-refractivity contribution in [2.24, 2.45) is 11.8 Å². The number of amides is 2. The third-order valence-electron chi connectivity index (χ3n) is 6.95. The predicted molar refractivity (Wildman–Crippen MR) is 131 cm³/mol. The fourth-order valence-electron chi connectivity index (χ4n) is 5.42. The van der Waals surface area contributed by atoms with E-state index in [0.717, 1.165) is 4.90 Å². The lowest BCUT2D eigenvalue weighted by Crippen LogP contribution is -2.53. The minimum Gasteiger partial charge on any atom is -0.508 e. The topological polar surface area (TPSA) is 105 Å². The highest BCUT2D eigenvalue weighted by molar-refractivity contribution is 6.24. The molecule has 2 fully saturated rings. The van der Waals surface area contributed by atoms with Crippen molar-refractivity contribution in [2.45, 2.75) is 18.5 Å². The molecule has 2 aliphatic rings. The number of nitrogens with zero attached hydrogens (tertiary/aromatic N) is 1. The Morgan fingerprint density at radius 2 is 1.64 bits per heavy atom. The number of phenolic OH excluding ortho intramolecular Hbond substituents is 1. The van der Waals surface area contributed by atoms with Crippen LogP contribution in [0.25, 0.3) is 0 Å². The van der Waals surface area contributed by atoms with Crippen molar-refractivity contribution in [3.8, 4) is 11.5 Å². The number of fused-ring (bicyclic) bond motifs is 1. The molecular formula is C28H26N2O6. The molecule has 2 heterocycles. The Balaban J connectivity index is 1.67. The number of carbonyl (C=O) groups excluding carboxylic acids is 3. The van der Waals surface area contributed by atoms with E-state index in [4.69, 9.17) is 9.47 Å². The van der Waals surface area contributed by atoms with Gasteiger partial charge in [-0.3, -0.25) is 14.9 Å². The summed E-state index contributed by atoms with van der Waals surface area (Å²) in [6.07, 6.45) is 0. The first kappa shape index (κ1) is 23.6. The number of phenols is 1. The molecule has 0 aromatic heterocycles. The molecule has 2 aliphatic heterocycles. The quantitative estimate of drug-likeness (QED) is 0.407. The number of rotatable bonds is 6. The van der Waals surface area contributed by atoms with Gasteiger partial charge in [-0.2, -0.15) is 0 Å². The largest absolute Gasteiger partial charge is 0.508 e. The molecular weight excluding hydrogens is 460 g/mol. The van der Waals surface area contributed by atoms with Crippen molar-refractivity contribution < 1.29 is 29.0 Å². The Labute approximate surface area is 208 Å². The van der Waals surface area contributed by atoms with Gasteiger partial charge in [0.1, 0.15) is 11.5 Å². The Morgan fingerprint density at radius 3 is 2.25 bits per heavy atom. The number of esters is 1. The van der Waals surface area contributed by atoms with Gasteiger partial charge in [-0.05, 0) is 54.4 Å². The molecule has 2 amide bonds. The maximum absolute atomic E-state index is 14.0. The third-order valence-corrected chi connectivity index (χ3v) is 6.95. The number of carbonyl (C=O) groups is 3. The number of benzene rings is 3. The number of hydrogen-bond donors (Lipinski definition) is 2. The van der Waals surface area contributed by atoms with E-state index in [2.05, 4.69) is 5.32 Å². The third kappa shape index (κ3) is 3.53. The molecule has 0 saturated carbocycles. The van der Waals surface area contributed by atoms with Crippen LogP contribution in [0.1, 0.15) is 24.1 Å². The summed E-state index contributed by atoms with van der Waals surface area (Å²) in [5.74, 6) is -2.80. The van der Waals surface area contributed by atoms with Crippen LogP contribution in [0.2, 0.25) is 0 Å². The summed E-state index contributed by atoms with van der Waals surface area (Å²) in [5.41, 5.74) is 0.0110. The first-order valence-corrected chi connectivity index (χ1v) is 11.7. The summed E-state index contributed by atoms with van der Waals surface area (Å²) in [4.78, 5) is 42.6. The zero-order valence-electron chi connectivity index (χ0n) is 19.9. The number of nitrogens with one attached hydrogen (secondary N) is 1. The van der Waals surface area contributed by atoms with Gasteiger partial charge in [0.05, 0.1) is 31.2 Å². The Bertz CT molecular complexity index is 1290. The van der Waals surface area contributed by atoms with Gasteiger partial charge < -0.3 is 14.6 Å². The second-order valence-electron chi connectivity index (χ2n) is 8.82. The van der Waals surface area contributed by atoms with Crippen LogP contribution >= 0.6 is 0 Å². The van der Waals surface area contributed by atoms with Crippen LogP contribution in [0.15, 0.2) is 78.9 Å². The van der Waals surface area contributed by atoms with Gasteiger partial charge in [-0.25, -0.2) is 9.69 Å². The van der Waals surface area contributed by atoms with E-state index in [1.165, 1.54) is 19.2 Å². The molecule has 8 nitrogen and oxygen atoms in total. The van der Waals surface area contributed by atoms with Crippen molar-refractivity contribution in [3.05, 3.63) is 90.0 Å².